The van der Waals surface area contributed by atoms with Crippen LogP contribution in [-0.2, 0) is 9.59 Å². The lowest BCUT2D eigenvalue weighted by molar-refractivity contribution is -0.132. The first-order valence-corrected chi connectivity index (χ1v) is 9.66. The Morgan fingerprint density at radius 3 is 2.50 bits per heavy atom. The Hall–Kier alpha value is -4.20. The summed E-state index contributed by atoms with van der Waals surface area (Å²) in [6.07, 6.45) is 0. The summed E-state index contributed by atoms with van der Waals surface area (Å²) in [7, 11) is 0. The Kier molecular flexibility index (Phi) is 4.62. The molecule has 1 amide bonds. The Bertz CT molecular complexity index is 1300. The van der Waals surface area contributed by atoms with E-state index in [0.717, 1.165) is 11.0 Å². The Balaban J connectivity index is 1.73. The average Bonchev–Trinajstić information content (AvgIpc) is 3.36. The summed E-state index contributed by atoms with van der Waals surface area (Å²) in [6.45, 7) is 0.0126. The predicted molar refractivity (Wildman–Crippen MR) is 110 cm³/mol. The highest BCUT2D eigenvalue weighted by molar-refractivity contribution is 6.51. The van der Waals surface area contributed by atoms with Gasteiger partial charge in [-0.2, -0.15) is 0 Å². The van der Waals surface area contributed by atoms with E-state index >= 15 is 0 Å². The molecular formula is C24H15F2NO5. The molecule has 32 heavy (non-hydrogen) atoms. The fraction of sp³-hybridized carbons (Fsp3) is 0.0833. The van der Waals surface area contributed by atoms with Gasteiger partial charge in [-0.3, -0.25) is 14.5 Å². The second-order valence-corrected chi connectivity index (χ2v) is 7.24. The Morgan fingerprint density at radius 2 is 1.72 bits per heavy atom. The summed E-state index contributed by atoms with van der Waals surface area (Å²) < 4.78 is 39.3. The maximum atomic E-state index is 14.8. The Morgan fingerprint density at radius 1 is 0.938 bits per heavy atom. The number of anilines is 1. The smallest absolute Gasteiger partial charge is 0.300 e. The first-order chi connectivity index (χ1) is 15.5. The van der Waals surface area contributed by atoms with Gasteiger partial charge in [-0.15, -0.1) is 0 Å². The number of carbonyl (C=O) groups is 2. The molecule has 0 bridgehead atoms. The van der Waals surface area contributed by atoms with Gasteiger partial charge in [0.25, 0.3) is 11.7 Å². The molecule has 0 aromatic heterocycles. The molecule has 160 valence electrons. The molecule has 0 aliphatic carbocycles. The van der Waals surface area contributed by atoms with Gasteiger partial charge in [0.2, 0.25) is 6.79 Å². The summed E-state index contributed by atoms with van der Waals surface area (Å²) in [6, 6.07) is 13.9. The first kappa shape index (κ1) is 19.7. The molecule has 1 saturated heterocycles. The SMILES string of the molecule is O=C1C(=O)N(c2cccc(F)c2)C(c2ccccc2F)/C1=C(\O)c1ccc2c(c1)OCO2. The van der Waals surface area contributed by atoms with E-state index < -0.39 is 35.1 Å². The van der Waals surface area contributed by atoms with Crippen LogP contribution in [0.2, 0.25) is 0 Å². The van der Waals surface area contributed by atoms with Crippen molar-refractivity contribution in [3.63, 3.8) is 0 Å². The topological polar surface area (TPSA) is 76.1 Å². The lowest BCUT2D eigenvalue weighted by Gasteiger charge is -2.25. The van der Waals surface area contributed by atoms with Gasteiger partial charge in [-0.25, -0.2) is 8.78 Å². The van der Waals surface area contributed by atoms with E-state index in [0.29, 0.717) is 11.5 Å². The molecule has 0 radical (unpaired) electrons. The highest BCUT2D eigenvalue weighted by Crippen LogP contribution is 2.44. The molecule has 0 saturated carbocycles. The molecule has 1 N–H and O–H groups in total. The quantitative estimate of drug-likeness (QED) is 0.377. The number of hydrogen-bond donors (Lipinski definition) is 1. The van der Waals surface area contributed by atoms with Crippen LogP contribution < -0.4 is 14.4 Å². The van der Waals surface area contributed by atoms with E-state index in [4.69, 9.17) is 9.47 Å². The van der Waals surface area contributed by atoms with Crippen molar-refractivity contribution in [2.75, 3.05) is 11.7 Å². The molecular weight excluding hydrogens is 420 g/mol. The van der Waals surface area contributed by atoms with Crippen LogP contribution >= 0.6 is 0 Å². The van der Waals surface area contributed by atoms with E-state index in [1.165, 1.54) is 48.5 Å². The predicted octanol–water partition coefficient (Wildman–Crippen LogP) is 4.32. The van der Waals surface area contributed by atoms with Crippen molar-refractivity contribution in [3.05, 3.63) is 95.1 Å². The van der Waals surface area contributed by atoms with Crippen molar-refractivity contribution in [1.29, 1.82) is 0 Å². The number of benzene rings is 3. The maximum Gasteiger partial charge on any atom is 0.300 e. The first-order valence-electron chi connectivity index (χ1n) is 9.66. The summed E-state index contributed by atoms with van der Waals surface area (Å²) in [5.74, 6) is -3.02. The number of nitrogens with zero attached hydrogens (tertiary/aromatic N) is 1. The van der Waals surface area contributed by atoms with Crippen molar-refractivity contribution in [3.8, 4) is 11.5 Å². The number of fused-ring (bicyclic) bond motifs is 1. The van der Waals surface area contributed by atoms with Crippen LogP contribution in [0.25, 0.3) is 5.76 Å². The van der Waals surface area contributed by atoms with Crippen LogP contribution in [0.4, 0.5) is 14.5 Å². The van der Waals surface area contributed by atoms with Crippen LogP contribution in [0.5, 0.6) is 11.5 Å². The van der Waals surface area contributed by atoms with Crippen molar-refractivity contribution < 1.29 is 33.0 Å². The number of Topliss-reactive ketones (excluding diaryl/α,β-unsaturated/α-hetero) is 1. The second kappa shape index (κ2) is 7.49. The highest BCUT2D eigenvalue weighted by Gasteiger charge is 2.48. The lowest BCUT2D eigenvalue weighted by Crippen LogP contribution is -2.30. The van der Waals surface area contributed by atoms with Crippen LogP contribution in [0, 0.1) is 11.6 Å². The van der Waals surface area contributed by atoms with Crippen molar-refractivity contribution in [1.82, 2.24) is 0 Å². The molecule has 0 spiro atoms. The van der Waals surface area contributed by atoms with Gasteiger partial charge in [0.05, 0.1) is 11.6 Å². The summed E-state index contributed by atoms with van der Waals surface area (Å²) >= 11 is 0. The van der Waals surface area contributed by atoms with E-state index in [2.05, 4.69) is 0 Å². The molecule has 6 nitrogen and oxygen atoms in total. The molecule has 2 aliphatic heterocycles. The second-order valence-electron chi connectivity index (χ2n) is 7.24. The number of aliphatic hydroxyl groups excluding tert-OH is 1. The average molecular weight is 435 g/mol. The number of hydrogen-bond acceptors (Lipinski definition) is 5. The van der Waals surface area contributed by atoms with Gasteiger partial charge in [0, 0.05) is 16.8 Å². The van der Waals surface area contributed by atoms with Gasteiger partial charge >= 0.3 is 0 Å². The number of aliphatic hydroxyl groups is 1. The van der Waals surface area contributed by atoms with Crippen molar-refractivity contribution in [2.24, 2.45) is 0 Å². The molecule has 5 rings (SSSR count). The molecule has 8 heteroatoms. The number of rotatable bonds is 3. The number of halogens is 2. The minimum Gasteiger partial charge on any atom is -0.507 e. The number of ether oxygens (including phenoxy) is 2. The summed E-state index contributed by atoms with van der Waals surface area (Å²) in [5.41, 5.74) is -0.0839. The fourth-order valence-corrected chi connectivity index (χ4v) is 3.92. The van der Waals surface area contributed by atoms with Gasteiger partial charge in [-0.05, 0) is 42.5 Å². The molecule has 1 fully saturated rings. The largest absolute Gasteiger partial charge is 0.507 e. The van der Waals surface area contributed by atoms with E-state index in [1.54, 1.807) is 12.1 Å². The normalized spacial score (nSPS) is 18.9. The lowest BCUT2D eigenvalue weighted by atomic mass is 9.94. The van der Waals surface area contributed by atoms with Crippen molar-refractivity contribution >= 4 is 23.1 Å². The van der Waals surface area contributed by atoms with Gasteiger partial charge < -0.3 is 14.6 Å². The monoisotopic (exact) mass is 435 g/mol. The van der Waals surface area contributed by atoms with Crippen LogP contribution in [0.1, 0.15) is 17.2 Å². The van der Waals surface area contributed by atoms with Gasteiger partial charge in [-0.1, -0.05) is 24.3 Å². The molecule has 2 aliphatic rings. The molecule has 3 aromatic carbocycles. The van der Waals surface area contributed by atoms with E-state index in [1.807, 2.05) is 0 Å². The minimum atomic E-state index is -1.30. The van der Waals surface area contributed by atoms with Gasteiger partial charge in [0.15, 0.2) is 11.5 Å². The number of ketones is 1. The molecule has 1 atom stereocenters. The zero-order valence-corrected chi connectivity index (χ0v) is 16.4. The standard InChI is InChI=1S/C24H15F2NO5/c25-14-4-3-5-15(11-14)27-21(16-6-1-2-7-17(16)26)20(23(29)24(27)30)22(28)13-8-9-18-19(10-13)32-12-31-18/h1-11,21,28H,12H2/b22-20+. The Labute approximate surface area is 180 Å². The highest BCUT2D eigenvalue weighted by atomic mass is 19.1. The third-order valence-electron chi connectivity index (χ3n) is 5.38. The summed E-state index contributed by atoms with van der Waals surface area (Å²) in [4.78, 5) is 27.0. The zero-order valence-electron chi connectivity index (χ0n) is 16.4. The van der Waals surface area contributed by atoms with Gasteiger partial charge in [0.1, 0.15) is 17.4 Å². The molecule has 1 unspecified atom stereocenters. The number of carbonyl (C=O) groups excluding carboxylic acids is 2. The molecule has 3 aromatic rings. The summed E-state index contributed by atoms with van der Waals surface area (Å²) in [5, 5.41) is 11.1. The van der Waals surface area contributed by atoms with Crippen LogP contribution in [0.15, 0.2) is 72.3 Å². The van der Waals surface area contributed by atoms with Crippen LogP contribution in [-0.4, -0.2) is 23.6 Å². The maximum absolute atomic E-state index is 14.8. The van der Waals surface area contributed by atoms with E-state index in [-0.39, 0.29) is 29.2 Å². The number of amides is 1. The fourth-order valence-electron chi connectivity index (χ4n) is 3.92. The third-order valence-corrected chi connectivity index (χ3v) is 5.38. The molecule has 2 heterocycles. The zero-order chi connectivity index (χ0) is 22.4. The van der Waals surface area contributed by atoms with Crippen LogP contribution in [0.3, 0.4) is 0 Å². The minimum absolute atomic E-state index is 0.0126. The van der Waals surface area contributed by atoms with E-state index in [9.17, 15) is 23.5 Å². The third kappa shape index (κ3) is 3.08. The van der Waals surface area contributed by atoms with Crippen molar-refractivity contribution in [2.45, 2.75) is 6.04 Å².